The molecule has 0 saturated carbocycles. The van der Waals surface area contributed by atoms with Crippen LogP contribution in [0.2, 0.25) is 0 Å². The lowest BCUT2D eigenvalue weighted by Gasteiger charge is -2.05. The minimum Gasteiger partial charge on any atom is -0.316 e. The second-order valence-electron chi connectivity index (χ2n) is 2.62. The van der Waals surface area contributed by atoms with Crippen molar-refractivity contribution in [3.63, 3.8) is 0 Å². The molecule has 0 aromatic heterocycles. The Morgan fingerprint density at radius 3 is 1.40 bits per heavy atom. The molecular formula is C8H16NO5P. The molecule has 15 heavy (non-hydrogen) atoms. The maximum Gasteiger partial charge on any atom is 0.331 e. The maximum absolute atomic E-state index is 10.5. The van der Waals surface area contributed by atoms with Crippen molar-refractivity contribution in [1.29, 1.82) is 0 Å². The zero-order chi connectivity index (χ0) is 11.8. The van der Waals surface area contributed by atoms with Gasteiger partial charge in [0.15, 0.2) is 0 Å². The lowest BCUT2D eigenvalue weighted by Crippen LogP contribution is -2.23. The van der Waals surface area contributed by atoms with E-state index in [2.05, 4.69) is 13.6 Å². The van der Waals surface area contributed by atoms with E-state index >= 15 is 0 Å². The number of hydrogen-bond donors (Lipinski definition) is 0. The van der Waals surface area contributed by atoms with Crippen molar-refractivity contribution < 1.29 is 23.2 Å². The van der Waals surface area contributed by atoms with Gasteiger partial charge >= 0.3 is 8.60 Å². The first-order valence-corrected chi connectivity index (χ1v) is 5.38. The maximum atomic E-state index is 10.5. The first kappa shape index (κ1) is 14.5. The molecule has 0 radical (unpaired) electrons. The molecule has 6 nitrogen and oxygen atoms in total. The lowest BCUT2D eigenvalue weighted by atomic mass is 10.4. The van der Waals surface area contributed by atoms with Crippen LogP contribution in [0.15, 0.2) is 0 Å². The molecule has 2 amide bonds. The average Bonchev–Trinajstić information content (AvgIpc) is 2.53. The first-order chi connectivity index (χ1) is 7.06. The number of amides is 2. The fraction of sp³-hybridized carbons (Fsp3) is 0.750. The van der Waals surface area contributed by atoms with Gasteiger partial charge < -0.3 is 13.6 Å². The number of carbonyl (C=O) groups excluding carboxylic acids is 2. The van der Waals surface area contributed by atoms with Gasteiger partial charge in [0.1, 0.15) is 0 Å². The van der Waals surface area contributed by atoms with Crippen LogP contribution in [0.25, 0.3) is 0 Å². The Hall–Kier alpha value is -0.550. The van der Waals surface area contributed by atoms with Gasteiger partial charge in [0.25, 0.3) is 0 Å². The van der Waals surface area contributed by atoms with Crippen LogP contribution in [0.3, 0.4) is 0 Å². The zero-order valence-electron chi connectivity index (χ0n) is 9.35. The molecule has 1 heterocycles. The molecule has 1 rings (SSSR count). The van der Waals surface area contributed by atoms with Crippen molar-refractivity contribution >= 4 is 20.4 Å². The second kappa shape index (κ2) is 7.70. The standard InChI is InChI=1S/C5H7NO2.C3H9O3P/c1-6-4(7)2-3-5(6)8;1-4-7(5-2)6-3/h2-3H2,1H3;1-3H3. The van der Waals surface area contributed by atoms with Crippen LogP contribution in [0.5, 0.6) is 0 Å². The van der Waals surface area contributed by atoms with E-state index in [-0.39, 0.29) is 11.8 Å². The van der Waals surface area contributed by atoms with E-state index in [0.717, 1.165) is 0 Å². The SMILES string of the molecule is CN1C(=O)CCC1=O.COP(OC)OC. The van der Waals surface area contributed by atoms with Crippen LogP contribution in [0, 0.1) is 0 Å². The normalized spacial score (nSPS) is 15.7. The Kier molecular flexibility index (Phi) is 7.42. The molecule has 1 aliphatic rings. The third kappa shape index (κ3) is 5.18. The smallest absolute Gasteiger partial charge is 0.316 e. The third-order valence-corrected chi connectivity index (χ3v) is 2.64. The number of likely N-dealkylation sites (tertiary alicyclic amines) is 1. The highest BCUT2D eigenvalue weighted by Crippen LogP contribution is 2.35. The van der Waals surface area contributed by atoms with Crippen LogP contribution in [-0.2, 0) is 23.2 Å². The number of carbonyl (C=O) groups is 2. The molecule has 1 saturated heterocycles. The third-order valence-electron chi connectivity index (χ3n) is 1.75. The summed E-state index contributed by atoms with van der Waals surface area (Å²) < 4.78 is 14.0. The first-order valence-electron chi connectivity index (χ1n) is 4.28. The lowest BCUT2D eigenvalue weighted by molar-refractivity contribution is -0.136. The Labute approximate surface area is 90.5 Å². The highest BCUT2D eigenvalue weighted by Gasteiger charge is 2.24. The molecule has 1 fully saturated rings. The van der Waals surface area contributed by atoms with E-state index in [1.54, 1.807) is 21.3 Å². The molecule has 88 valence electrons. The van der Waals surface area contributed by atoms with Crippen molar-refractivity contribution in [2.75, 3.05) is 28.4 Å². The van der Waals surface area contributed by atoms with Gasteiger partial charge in [0.2, 0.25) is 11.8 Å². The molecular weight excluding hydrogens is 221 g/mol. The summed E-state index contributed by atoms with van der Waals surface area (Å²) in [6.45, 7) is 0. The largest absolute Gasteiger partial charge is 0.331 e. The molecule has 0 aromatic carbocycles. The second-order valence-corrected chi connectivity index (χ2v) is 4.16. The molecule has 0 bridgehead atoms. The molecule has 1 aliphatic heterocycles. The van der Waals surface area contributed by atoms with Crippen molar-refractivity contribution in [3.05, 3.63) is 0 Å². The predicted octanol–water partition coefficient (Wildman–Crippen LogP) is 0.918. The average molecular weight is 237 g/mol. The van der Waals surface area contributed by atoms with Gasteiger partial charge in [-0.15, -0.1) is 0 Å². The number of nitrogens with zero attached hydrogens (tertiary/aromatic N) is 1. The van der Waals surface area contributed by atoms with Crippen LogP contribution in [0.4, 0.5) is 0 Å². The number of rotatable bonds is 3. The highest BCUT2D eigenvalue weighted by atomic mass is 31.2. The molecule has 0 aliphatic carbocycles. The summed E-state index contributed by atoms with van der Waals surface area (Å²) in [7, 11) is 5.08. The summed E-state index contributed by atoms with van der Waals surface area (Å²) in [4.78, 5) is 22.1. The van der Waals surface area contributed by atoms with Gasteiger partial charge in [-0.3, -0.25) is 14.5 Å². The molecule has 0 spiro atoms. The monoisotopic (exact) mass is 237 g/mol. The van der Waals surface area contributed by atoms with E-state index in [1.807, 2.05) is 0 Å². The number of imide groups is 1. The Balaban J connectivity index is 0.000000265. The summed E-state index contributed by atoms with van der Waals surface area (Å²) in [5.41, 5.74) is 0. The predicted molar refractivity (Wildman–Crippen MR) is 55.0 cm³/mol. The van der Waals surface area contributed by atoms with Crippen LogP contribution in [0.1, 0.15) is 12.8 Å². The van der Waals surface area contributed by atoms with E-state index in [9.17, 15) is 9.59 Å². The molecule has 0 atom stereocenters. The van der Waals surface area contributed by atoms with E-state index in [0.29, 0.717) is 12.8 Å². The van der Waals surface area contributed by atoms with Crippen molar-refractivity contribution in [2.24, 2.45) is 0 Å². The number of hydrogen-bond acceptors (Lipinski definition) is 5. The quantitative estimate of drug-likeness (QED) is 0.539. The van der Waals surface area contributed by atoms with Crippen molar-refractivity contribution in [2.45, 2.75) is 12.8 Å². The van der Waals surface area contributed by atoms with E-state index in [4.69, 9.17) is 0 Å². The van der Waals surface area contributed by atoms with Gasteiger partial charge in [-0.25, -0.2) is 0 Å². The molecule has 0 unspecified atom stereocenters. The van der Waals surface area contributed by atoms with E-state index in [1.165, 1.54) is 11.9 Å². The zero-order valence-corrected chi connectivity index (χ0v) is 10.2. The van der Waals surface area contributed by atoms with Crippen molar-refractivity contribution in [3.8, 4) is 0 Å². The minimum absolute atomic E-state index is 0.0602. The highest BCUT2D eigenvalue weighted by molar-refractivity contribution is 7.41. The minimum atomic E-state index is -1.05. The molecule has 7 heteroatoms. The van der Waals surface area contributed by atoms with Gasteiger partial charge in [-0.05, 0) is 0 Å². The summed E-state index contributed by atoms with van der Waals surface area (Å²) in [5, 5.41) is 0. The fourth-order valence-corrected chi connectivity index (χ4v) is 1.36. The molecule has 0 aromatic rings. The summed E-state index contributed by atoms with van der Waals surface area (Å²) in [6, 6.07) is 0. The summed E-state index contributed by atoms with van der Waals surface area (Å²) in [5.74, 6) is -0.120. The van der Waals surface area contributed by atoms with Crippen LogP contribution in [-0.4, -0.2) is 45.1 Å². The van der Waals surface area contributed by atoms with Crippen molar-refractivity contribution in [1.82, 2.24) is 4.90 Å². The Morgan fingerprint density at radius 2 is 1.33 bits per heavy atom. The van der Waals surface area contributed by atoms with Gasteiger partial charge in [-0.2, -0.15) is 0 Å². The van der Waals surface area contributed by atoms with E-state index < -0.39 is 8.60 Å². The van der Waals surface area contributed by atoms with Crippen LogP contribution >= 0.6 is 8.60 Å². The summed E-state index contributed by atoms with van der Waals surface area (Å²) in [6.07, 6.45) is 0.796. The van der Waals surface area contributed by atoms with Gasteiger partial charge in [0.05, 0.1) is 0 Å². The van der Waals surface area contributed by atoms with Gasteiger partial charge in [-0.1, -0.05) is 0 Å². The molecule has 0 N–H and O–H groups in total. The Morgan fingerprint density at radius 1 is 1.00 bits per heavy atom. The summed E-state index contributed by atoms with van der Waals surface area (Å²) >= 11 is 0. The Bertz CT molecular complexity index is 198. The van der Waals surface area contributed by atoms with Crippen LogP contribution < -0.4 is 0 Å². The fourth-order valence-electron chi connectivity index (χ4n) is 0.912. The van der Waals surface area contributed by atoms with Gasteiger partial charge in [0, 0.05) is 41.2 Å². The topological polar surface area (TPSA) is 65.1 Å².